The molecular weight excluding hydrogens is 395 g/mol. The van der Waals surface area contributed by atoms with E-state index < -0.39 is 32.3 Å². The van der Waals surface area contributed by atoms with Crippen LogP contribution in [-0.4, -0.2) is 33.5 Å². The van der Waals surface area contributed by atoms with Gasteiger partial charge in [-0.05, 0) is 0 Å². The number of hydrogen-bond acceptors (Lipinski definition) is 5. The molecule has 0 saturated carbocycles. The molecule has 2 N–H and O–H groups in total. The number of carbonyl (C=O) groups is 2. The van der Waals surface area contributed by atoms with Gasteiger partial charge in [0.25, 0.3) is 0 Å². The summed E-state index contributed by atoms with van der Waals surface area (Å²) in [4.78, 5) is 22.7. The van der Waals surface area contributed by atoms with E-state index >= 15 is 0 Å². The lowest BCUT2D eigenvalue weighted by Gasteiger charge is -2.17. The average Bonchev–Trinajstić information content (AvgIpc) is 2.13. The van der Waals surface area contributed by atoms with Crippen LogP contribution < -0.4 is 5.73 Å². The van der Waals surface area contributed by atoms with Crippen LogP contribution in [0, 0.1) is 5.92 Å². The van der Waals surface area contributed by atoms with Gasteiger partial charge in [0.15, 0.2) is 5.92 Å². The fourth-order valence-corrected chi connectivity index (χ4v) is 1.48. The highest BCUT2D eigenvalue weighted by atomic mass is 127. The molecule has 0 fully saturated rings. The minimum Gasteiger partial charge on any atom is -0.468 e. The standard InChI is InChI=1S/C7H9Cl3INO4/c1-15-5(13)3(4(11)12)6(14)16-2-7(8,9)10/h3-4H,2,12H2,1H3. The molecule has 0 spiro atoms. The smallest absolute Gasteiger partial charge is 0.322 e. The predicted molar refractivity (Wildman–Crippen MR) is 68.8 cm³/mol. The number of alkyl halides is 4. The number of rotatable bonds is 4. The zero-order valence-electron chi connectivity index (χ0n) is 8.08. The molecule has 0 aliphatic carbocycles. The Kier molecular flexibility index (Phi) is 7.27. The predicted octanol–water partition coefficient (Wildman–Crippen LogP) is 1.41. The Balaban J connectivity index is 4.47. The third kappa shape index (κ3) is 6.29. The van der Waals surface area contributed by atoms with Crippen molar-refractivity contribution in [3.63, 3.8) is 0 Å². The Hall–Kier alpha value is 0.500. The van der Waals surface area contributed by atoms with Crippen LogP contribution in [0.3, 0.4) is 0 Å². The van der Waals surface area contributed by atoms with Gasteiger partial charge in [-0.1, -0.05) is 57.4 Å². The second kappa shape index (κ2) is 7.05. The van der Waals surface area contributed by atoms with Crippen LogP contribution in [-0.2, 0) is 19.1 Å². The van der Waals surface area contributed by atoms with Crippen molar-refractivity contribution in [3.05, 3.63) is 0 Å². The van der Waals surface area contributed by atoms with Gasteiger partial charge in [0.1, 0.15) is 6.61 Å². The van der Waals surface area contributed by atoms with Gasteiger partial charge in [-0.2, -0.15) is 0 Å². The molecule has 5 nitrogen and oxygen atoms in total. The van der Waals surface area contributed by atoms with Crippen molar-refractivity contribution >= 4 is 69.3 Å². The molecule has 94 valence electrons. The van der Waals surface area contributed by atoms with Crippen LogP contribution in [0.15, 0.2) is 0 Å². The number of nitrogens with two attached hydrogens (primary N) is 1. The molecule has 2 unspecified atom stereocenters. The minimum atomic E-state index is -1.73. The van der Waals surface area contributed by atoms with E-state index in [9.17, 15) is 9.59 Å². The maximum atomic E-state index is 11.4. The summed E-state index contributed by atoms with van der Waals surface area (Å²) in [5, 5.41) is 0. The third-order valence-electron chi connectivity index (χ3n) is 1.41. The molecular formula is C7H9Cl3INO4. The summed E-state index contributed by atoms with van der Waals surface area (Å²) in [5.74, 6) is -2.92. The molecule has 2 atom stereocenters. The Morgan fingerprint density at radius 1 is 1.38 bits per heavy atom. The fraction of sp³-hybridized carbons (Fsp3) is 0.714. The molecule has 0 aliphatic heterocycles. The lowest BCUT2D eigenvalue weighted by molar-refractivity contribution is -0.160. The van der Waals surface area contributed by atoms with Gasteiger partial charge < -0.3 is 15.2 Å². The molecule has 0 heterocycles. The van der Waals surface area contributed by atoms with E-state index in [-0.39, 0.29) is 0 Å². The zero-order chi connectivity index (χ0) is 12.9. The fourth-order valence-electron chi connectivity index (χ4n) is 0.726. The summed E-state index contributed by atoms with van der Waals surface area (Å²) >= 11 is 17.8. The normalized spacial score (nSPS) is 15.1. The Morgan fingerprint density at radius 3 is 2.19 bits per heavy atom. The summed E-state index contributed by atoms with van der Waals surface area (Å²) < 4.78 is 6.52. The number of ether oxygens (including phenoxy) is 2. The molecule has 0 rings (SSSR count). The zero-order valence-corrected chi connectivity index (χ0v) is 12.5. The van der Waals surface area contributed by atoms with E-state index in [0.29, 0.717) is 0 Å². The van der Waals surface area contributed by atoms with Crippen LogP contribution >= 0.6 is 57.4 Å². The summed E-state index contributed by atoms with van der Waals surface area (Å²) in [7, 11) is 1.14. The van der Waals surface area contributed by atoms with Crippen LogP contribution in [0.25, 0.3) is 0 Å². The van der Waals surface area contributed by atoms with Crippen LogP contribution in [0.4, 0.5) is 0 Å². The number of esters is 2. The topological polar surface area (TPSA) is 78.6 Å². The quantitative estimate of drug-likeness (QED) is 0.252. The van der Waals surface area contributed by atoms with Crippen molar-refractivity contribution in [2.24, 2.45) is 11.7 Å². The SMILES string of the molecule is COC(=O)C(C(=O)OCC(Cl)(Cl)Cl)C(N)I. The van der Waals surface area contributed by atoms with E-state index in [1.165, 1.54) is 0 Å². The Bertz CT molecular complexity index is 269. The Labute approximate surface area is 121 Å². The molecule has 9 heteroatoms. The van der Waals surface area contributed by atoms with Crippen molar-refractivity contribution in [2.45, 2.75) is 7.84 Å². The molecule has 0 bridgehead atoms. The molecule has 0 aromatic rings. The molecule has 0 aromatic heterocycles. The summed E-state index contributed by atoms with van der Waals surface area (Å²) in [5.41, 5.74) is 5.44. The van der Waals surface area contributed by atoms with Crippen LogP contribution in [0.5, 0.6) is 0 Å². The highest BCUT2D eigenvalue weighted by Crippen LogP contribution is 2.26. The monoisotopic (exact) mass is 403 g/mol. The largest absolute Gasteiger partial charge is 0.468 e. The highest BCUT2D eigenvalue weighted by molar-refractivity contribution is 14.1. The van der Waals surface area contributed by atoms with E-state index in [1.807, 2.05) is 0 Å². The first kappa shape index (κ1) is 16.5. The molecule has 0 saturated heterocycles. The van der Waals surface area contributed by atoms with Crippen molar-refractivity contribution in [1.29, 1.82) is 0 Å². The van der Waals surface area contributed by atoms with Gasteiger partial charge in [-0.25, -0.2) is 0 Å². The molecule has 16 heavy (non-hydrogen) atoms. The van der Waals surface area contributed by atoms with Crippen molar-refractivity contribution in [1.82, 2.24) is 0 Å². The number of hydrogen-bond donors (Lipinski definition) is 1. The van der Waals surface area contributed by atoms with Gasteiger partial charge in [-0.15, -0.1) is 0 Å². The first-order chi connectivity index (χ1) is 7.19. The minimum absolute atomic E-state index is 0.465. The number of halogens is 4. The number of methoxy groups -OCH3 is 1. The summed E-state index contributed by atoms with van der Waals surface area (Å²) in [6.07, 6.45) is 0. The maximum absolute atomic E-state index is 11.4. The van der Waals surface area contributed by atoms with Crippen molar-refractivity contribution in [2.75, 3.05) is 13.7 Å². The van der Waals surface area contributed by atoms with Gasteiger partial charge in [-0.3, -0.25) is 9.59 Å². The van der Waals surface area contributed by atoms with Gasteiger partial charge in [0, 0.05) is 0 Å². The molecule has 0 aliphatic rings. The van der Waals surface area contributed by atoms with Crippen molar-refractivity contribution in [3.8, 4) is 0 Å². The van der Waals surface area contributed by atoms with E-state index in [0.717, 1.165) is 7.11 Å². The van der Waals surface area contributed by atoms with E-state index in [1.54, 1.807) is 22.6 Å². The maximum Gasteiger partial charge on any atom is 0.322 e. The average molecular weight is 404 g/mol. The first-order valence-electron chi connectivity index (χ1n) is 3.90. The second-order valence-electron chi connectivity index (χ2n) is 2.67. The number of carbonyl (C=O) groups excluding carboxylic acids is 2. The molecule has 0 aromatic carbocycles. The highest BCUT2D eigenvalue weighted by Gasteiger charge is 2.35. The summed E-state index contributed by atoms with van der Waals surface area (Å²) in [6, 6.07) is 0. The van der Waals surface area contributed by atoms with Crippen LogP contribution in [0.1, 0.15) is 0 Å². The molecule has 0 radical (unpaired) electrons. The Morgan fingerprint density at radius 2 is 1.88 bits per heavy atom. The van der Waals surface area contributed by atoms with Gasteiger partial charge in [0.05, 0.1) is 11.2 Å². The lowest BCUT2D eigenvalue weighted by atomic mass is 10.1. The van der Waals surface area contributed by atoms with E-state index in [4.69, 9.17) is 40.5 Å². The molecule has 0 amide bonds. The second-order valence-corrected chi connectivity index (χ2v) is 6.62. The van der Waals surface area contributed by atoms with Gasteiger partial charge >= 0.3 is 11.9 Å². The van der Waals surface area contributed by atoms with Gasteiger partial charge in [0.2, 0.25) is 3.79 Å². The lowest BCUT2D eigenvalue weighted by Crippen LogP contribution is -2.39. The van der Waals surface area contributed by atoms with E-state index in [2.05, 4.69) is 9.47 Å². The first-order valence-corrected chi connectivity index (χ1v) is 6.28. The van der Waals surface area contributed by atoms with Crippen molar-refractivity contribution < 1.29 is 19.1 Å². The summed E-state index contributed by atoms with van der Waals surface area (Å²) in [6.45, 7) is -0.465. The third-order valence-corrected chi connectivity index (χ3v) is 2.45. The van der Waals surface area contributed by atoms with Crippen LogP contribution in [0.2, 0.25) is 0 Å².